The predicted molar refractivity (Wildman–Crippen MR) is 69.4 cm³/mol. The van der Waals surface area contributed by atoms with Crippen LogP contribution >= 0.6 is 0 Å². The molecule has 2 rings (SSSR count). The molecule has 0 radical (unpaired) electrons. The first kappa shape index (κ1) is 13.4. The summed E-state index contributed by atoms with van der Waals surface area (Å²) < 4.78 is 13.5. The van der Waals surface area contributed by atoms with E-state index in [9.17, 15) is 24.6 Å². The zero-order valence-electron chi connectivity index (χ0n) is 9.95. The summed E-state index contributed by atoms with van der Waals surface area (Å²) >= 11 is 0. The number of rotatable bonds is 4. The van der Waals surface area contributed by atoms with E-state index in [-0.39, 0.29) is 11.4 Å². The van der Waals surface area contributed by atoms with E-state index >= 15 is 0 Å². The van der Waals surface area contributed by atoms with Crippen molar-refractivity contribution in [2.75, 3.05) is 5.32 Å². The number of non-ortho nitro benzene ring substituents is 1. The third-order valence-corrected chi connectivity index (χ3v) is 2.53. The van der Waals surface area contributed by atoms with Crippen molar-refractivity contribution in [2.45, 2.75) is 0 Å². The molecule has 0 fully saturated rings. The first-order valence-corrected chi connectivity index (χ1v) is 5.43. The standard InChI is InChI=1S/C12H8FN3O4/c13-9-3-1-2-4-10(9)14-11-6-5-8(15(17)18)7-12(11)16(19)20/h1-7,14H. The Morgan fingerprint density at radius 1 is 0.950 bits per heavy atom. The third kappa shape index (κ3) is 2.69. The van der Waals surface area contributed by atoms with Gasteiger partial charge < -0.3 is 5.32 Å². The van der Waals surface area contributed by atoms with Crippen molar-refractivity contribution in [1.82, 2.24) is 0 Å². The molecule has 20 heavy (non-hydrogen) atoms. The second-order valence-corrected chi connectivity index (χ2v) is 3.82. The zero-order valence-corrected chi connectivity index (χ0v) is 9.95. The summed E-state index contributed by atoms with van der Waals surface area (Å²) in [5.41, 5.74) is -0.881. The van der Waals surface area contributed by atoms with E-state index in [2.05, 4.69) is 5.32 Å². The van der Waals surface area contributed by atoms with Crippen LogP contribution in [0.25, 0.3) is 0 Å². The molecule has 0 spiro atoms. The Morgan fingerprint density at radius 2 is 1.65 bits per heavy atom. The highest BCUT2D eigenvalue weighted by molar-refractivity contribution is 5.71. The molecular formula is C12H8FN3O4. The minimum Gasteiger partial charge on any atom is -0.348 e. The quantitative estimate of drug-likeness (QED) is 0.682. The molecule has 2 aromatic carbocycles. The van der Waals surface area contributed by atoms with Crippen LogP contribution < -0.4 is 5.32 Å². The van der Waals surface area contributed by atoms with Crippen molar-refractivity contribution in [3.05, 3.63) is 68.5 Å². The fraction of sp³-hybridized carbons (Fsp3) is 0. The van der Waals surface area contributed by atoms with Crippen LogP contribution in [0.1, 0.15) is 0 Å². The van der Waals surface area contributed by atoms with Crippen molar-refractivity contribution >= 4 is 22.7 Å². The SMILES string of the molecule is O=[N+]([O-])c1ccc(Nc2ccccc2F)c([N+](=O)[O-])c1. The van der Waals surface area contributed by atoms with E-state index < -0.39 is 27.0 Å². The summed E-state index contributed by atoms with van der Waals surface area (Å²) in [4.78, 5) is 20.0. The Kier molecular flexibility index (Phi) is 3.56. The highest BCUT2D eigenvalue weighted by atomic mass is 19.1. The van der Waals surface area contributed by atoms with E-state index in [1.54, 1.807) is 6.07 Å². The normalized spacial score (nSPS) is 10.1. The van der Waals surface area contributed by atoms with Gasteiger partial charge in [-0.15, -0.1) is 0 Å². The molecule has 1 N–H and O–H groups in total. The molecule has 0 aliphatic rings. The number of hydrogen-bond acceptors (Lipinski definition) is 5. The van der Waals surface area contributed by atoms with Gasteiger partial charge in [0.15, 0.2) is 0 Å². The lowest BCUT2D eigenvalue weighted by atomic mass is 10.2. The second-order valence-electron chi connectivity index (χ2n) is 3.82. The molecule has 0 amide bonds. The van der Waals surface area contributed by atoms with Crippen LogP contribution in [0.15, 0.2) is 42.5 Å². The molecule has 0 atom stereocenters. The summed E-state index contributed by atoms with van der Waals surface area (Å²) in [6, 6.07) is 8.73. The van der Waals surface area contributed by atoms with Gasteiger partial charge in [-0.1, -0.05) is 12.1 Å². The molecule has 8 heteroatoms. The van der Waals surface area contributed by atoms with Crippen molar-refractivity contribution in [1.29, 1.82) is 0 Å². The minimum atomic E-state index is -0.768. The zero-order chi connectivity index (χ0) is 14.7. The molecule has 0 aromatic heterocycles. The van der Waals surface area contributed by atoms with Crippen LogP contribution in [-0.2, 0) is 0 Å². The average Bonchev–Trinajstić information content (AvgIpc) is 2.41. The average molecular weight is 277 g/mol. The van der Waals surface area contributed by atoms with Gasteiger partial charge in [-0.2, -0.15) is 0 Å². The molecule has 0 saturated heterocycles. The molecule has 0 bridgehead atoms. The van der Waals surface area contributed by atoms with Gasteiger partial charge in [-0.05, 0) is 18.2 Å². The van der Waals surface area contributed by atoms with Crippen molar-refractivity contribution in [3.8, 4) is 0 Å². The Morgan fingerprint density at radius 3 is 2.25 bits per heavy atom. The number of benzene rings is 2. The Hall–Kier alpha value is -3.03. The van der Waals surface area contributed by atoms with E-state index in [1.807, 2.05) is 0 Å². The van der Waals surface area contributed by atoms with E-state index in [0.29, 0.717) is 0 Å². The molecule has 0 aliphatic carbocycles. The van der Waals surface area contributed by atoms with Crippen molar-refractivity contribution < 1.29 is 14.2 Å². The lowest BCUT2D eigenvalue weighted by Crippen LogP contribution is -2.00. The summed E-state index contributed by atoms with van der Waals surface area (Å²) in [7, 11) is 0. The fourth-order valence-corrected chi connectivity index (χ4v) is 1.60. The first-order valence-electron chi connectivity index (χ1n) is 5.43. The van der Waals surface area contributed by atoms with E-state index in [4.69, 9.17) is 0 Å². The number of nitro benzene ring substituents is 2. The number of hydrogen-bond donors (Lipinski definition) is 1. The number of anilines is 2. The Balaban J connectivity index is 2.44. The van der Waals surface area contributed by atoms with Crippen molar-refractivity contribution in [3.63, 3.8) is 0 Å². The number of nitro groups is 2. The van der Waals surface area contributed by atoms with Crippen LogP contribution in [0.4, 0.5) is 27.1 Å². The minimum absolute atomic E-state index is 0.0225. The number of nitrogens with one attached hydrogen (secondary N) is 1. The van der Waals surface area contributed by atoms with Gasteiger partial charge in [0.1, 0.15) is 11.5 Å². The summed E-state index contributed by atoms with van der Waals surface area (Å²) in [5, 5.41) is 24.1. The Bertz CT molecular complexity index is 690. The van der Waals surface area contributed by atoms with Gasteiger partial charge in [-0.3, -0.25) is 20.2 Å². The maximum Gasteiger partial charge on any atom is 0.299 e. The molecular weight excluding hydrogens is 269 g/mol. The monoisotopic (exact) mass is 277 g/mol. The smallest absolute Gasteiger partial charge is 0.299 e. The summed E-state index contributed by atoms with van der Waals surface area (Å²) in [5.74, 6) is -0.583. The summed E-state index contributed by atoms with van der Waals surface area (Å²) in [6.07, 6.45) is 0. The molecule has 102 valence electrons. The third-order valence-electron chi connectivity index (χ3n) is 2.53. The van der Waals surface area contributed by atoms with Crippen LogP contribution in [-0.4, -0.2) is 9.85 Å². The van der Waals surface area contributed by atoms with Gasteiger partial charge in [0.25, 0.3) is 11.4 Å². The van der Waals surface area contributed by atoms with E-state index in [1.165, 1.54) is 24.3 Å². The van der Waals surface area contributed by atoms with Gasteiger partial charge in [0.05, 0.1) is 21.6 Å². The van der Waals surface area contributed by atoms with Gasteiger partial charge >= 0.3 is 0 Å². The fourth-order valence-electron chi connectivity index (χ4n) is 1.60. The second kappa shape index (κ2) is 5.31. The van der Waals surface area contributed by atoms with Crippen LogP contribution in [0.3, 0.4) is 0 Å². The van der Waals surface area contributed by atoms with Crippen LogP contribution in [0.2, 0.25) is 0 Å². The number of nitrogens with zero attached hydrogens (tertiary/aromatic N) is 2. The predicted octanol–water partition coefficient (Wildman–Crippen LogP) is 3.39. The van der Waals surface area contributed by atoms with Gasteiger partial charge in [0.2, 0.25) is 0 Å². The maximum absolute atomic E-state index is 13.5. The number of halogens is 1. The number of para-hydroxylation sites is 1. The molecule has 0 saturated carbocycles. The lowest BCUT2D eigenvalue weighted by Gasteiger charge is -2.07. The molecule has 2 aromatic rings. The highest BCUT2D eigenvalue weighted by Gasteiger charge is 2.20. The summed E-state index contributed by atoms with van der Waals surface area (Å²) in [6.45, 7) is 0. The van der Waals surface area contributed by atoms with Crippen LogP contribution in [0, 0.1) is 26.0 Å². The topological polar surface area (TPSA) is 98.3 Å². The lowest BCUT2D eigenvalue weighted by molar-refractivity contribution is -0.393. The van der Waals surface area contributed by atoms with Crippen LogP contribution in [0.5, 0.6) is 0 Å². The largest absolute Gasteiger partial charge is 0.348 e. The molecule has 0 unspecified atom stereocenters. The molecule has 0 heterocycles. The maximum atomic E-state index is 13.5. The molecule has 0 aliphatic heterocycles. The Labute approximate surface area is 112 Å². The highest BCUT2D eigenvalue weighted by Crippen LogP contribution is 2.31. The van der Waals surface area contributed by atoms with E-state index in [0.717, 1.165) is 12.1 Å². The molecule has 7 nitrogen and oxygen atoms in total. The van der Waals surface area contributed by atoms with Gasteiger partial charge in [-0.25, -0.2) is 4.39 Å². The van der Waals surface area contributed by atoms with Crippen molar-refractivity contribution in [2.24, 2.45) is 0 Å². The van der Waals surface area contributed by atoms with Gasteiger partial charge in [0, 0.05) is 6.07 Å². The first-order chi connectivity index (χ1) is 9.49.